The summed E-state index contributed by atoms with van der Waals surface area (Å²) in [6.45, 7) is 0.339. The number of hydrogen-bond donors (Lipinski definition) is 1. The molecule has 2 aromatic rings. The fourth-order valence-corrected chi connectivity index (χ4v) is 4.41. The lowest BCUT2D eigenvalue weighted by Crippen LogP contribution is -2.31. The van der Waals surface area contributed by atoms with Gasteiger partial charge in [0.05, 0.1) is 4.92 Å². The average Bonchev–Trinajstić information content (AvgIpc) is 3.03. The van der Waals surface area contributed by atoms with E-state index >= 15 is 0 Å². The van der Waals surface area contributed by atoms with Gasteiger partial charge in [-0.3, -0.25) is 10.1 Å². The first kappa shape index (κ1) is 17.8. The first-order chi connectivity index (χ1) is 10.8. The molecule has 11 heteroatoms. The molecule has 0 aromatic carbocycles. The standard InChI is InChI=1S/C12H13BrN4O4S2/c1-16(23(20,21)11-3-2-6-22-11)5-4-14-12-10(17(18)19)7-9(13)8-15-12/h2-3,6-8H,4-5H2,1H3,(H,14,15). The van der Waals surface area contributed by atoms with Gasteiger partial charge in [-0.25, -0.2) is 13.4 Å². The molecule has 0 aliphatic rings. The number of rotatable bonds is 7. The molecular weight excluding hydrogens is 408 g/mol. The summed E-state index contributed by atoms with van der Waals surface area (Å²) in [4.78, 5) is 14.4. The third-order valence-electron chi connectivity index (χ3n) is 2.91. The SMILES string of the molecule is CN(CCNc1ncc(Br)cc1[N+](=O)[O-])S(=O)(=O)c1cccs1. The molecule has 0 aliphatic carbocycles. The zero-order valence-electron chi connectivity index (χ0n) is 12.0. The Bertz CT molecular complexity index is 795. The van der Waals surface area contributed by atoms with Gasteiger partial charge >= 0.3 is 5.69 Å². The first-order valence-corrected chi connectivity index (χ1v) is 9.47. The van der Waals surface area contributed by atoms with E-state index in [0.717, 1.165) is 11.3 Å². The Labute approximate surface area is 145 Å². The van der Waals surface area contributed by atoms with E-state index in [0.29, 0.717) is 4.47 Å². The van der Waals surface area contributed by atoms with Gasteiger partial charge in [0.15, 0.2) is 0 Å². The van der Waals surface area contributed by atoms with Crippen LogP contribution in [0.4, 0.5) is 11.5 Å². The van der Waals surface area contributed by atoms with Crippen LogP contribution in [0.15, 0.2) is 38.5 Å². The van der Waals surface area contributed by atoms with E-state index in [1.807, 2.05) is 0 Å². The third kappa shape index (κ3) is 4.25. The number of sulfonamides is 1. The second kappa shape index (κ2) is 7.34. The van der Waals surface area contributed by atoms with Crippen LogP contribution in [-0.2, 0) is 10.0 Å². The Morgan fingerprint density at radius 2 is 2.26 bits per heavy atom. The zero-order valence-corrected chi connectivity index (χ0v) is 15.2. The predicted octanol–water partition coefficient (Wildman–Crippen LogP) is 2.55. The Morgan fingerprint density at radius 3 is 2.87 bits per heavy atom. The van der Waals surface area contributed by atoms with Crippen LogP contribution in [0.2, 0.25) is 0 Å². The second-order valence-corrected chi connectivity index (χ2v) is 8.60. The maximum atomic E-state index is 12.2. The summed E-state index contributed by atoms with van der Waals surface area (Å²) in [6, 6.07) is 4.53. The van der Waals surface area contributed by atoms with E-state index in [4.69, 9.17) is 0 Å². The molecule has 2 aromatic heterocycles. The number of thiophene rings is 1. The Hall–Kier alpha value is -1.56. The number of hydrogen-bond acceptors (Lipinski definition) is 7. The van der Waals surface area contributed by atoms with Crippen LogP contribution in [0.5, 0.6) is 0 Å². The highest BCUT2D eigenvalue weighted by Gasteiger charge is 2.22. The molecular formula is C12H13BrN4O4S2. The normalized spacial score (nSPS) is 11.6. The van der Waals surface area contributed by atoms with Crippen molar-refractivity contribution >= 4 is 48.8 Å². The number of pyridine rings is 1. The number of likely N-dealkylation sites (N-methyl/N-ethyl adjacent to an activating group) is 1. The number of aromatic nitrogens is 1. The van der Waals surface area contributed by atoms with Crippen LogP contribution >= 0.6 is 27.3 Å². The minimum atomic E-state index is -3.53. The van der Waals surface area contributed by atoms with Gasteiger partial charge in [-0.05, 0) is 27.4 Å². The van der Waals surface area contributed by atoms with Gasteiger partial charge in [-0.1, -0.05) is 6.07 Å². The van der Waals surface area contributed by atoms with Crippen LogP contribution in [0.25, 0.3) is 0 Å². The van der Waals surface area contributed by atoms with Gasteiger partial charge in [0.2, 0.25) is 5.82 Å². The van der Waals surface area contributed by atoms with Crippen LogP contribution in [0, 0.1) is 10.1 Å². The highest BCUT2D eigenvalue weighted by Crippen LogP contribution is 2.25. The molecule has 2 heterocycles. The molecule has 0 spiro atoms. The summed E-state index contributed by atoms with van der Waals surface area (Å²) >= 11 is 4.26. The predicted molar refractivity (Wildman–Crippen MR) is 91.2 cm³/mol. The fourth-order valence-electron chi connectivity index (χ4n) is 1.72. The maximum absolute atomic E-state index is 12.2. The van der Waals surface area contributed by atoms with Crippen LogP contribution < -0.4 is 5.32 Å². The molecule has 0 saturated carbocycles. The van der Waals surface area contributed by atoms with E-state index in [2.05, 4.69) is 26.2 Å². The summed E-state index contributed by atoms with van der Waals surface area (Å²) < 4.78 is 26.4. The number of nitrogens with one attached hydrogen (secondary N) is 1. The molecule has 1 N–H and O–H groups in total. The molecule has 23 heavy (non-hydrogen) atoms. The molecule has 0 radical (unpaired) electrons. The van der Waals surface area contributed by atoms with Crippen molar-refractivity contribution in [1.82, 2.24) is 9.29 Å². The summed E-state index contributed by atoms with van der Waals surface area (Å²) in [6.07, 6.45) is 1.43. The summed E-state index contributed by atoms with van der Waals surface area (Å²) in [5, 5.41) is 15.5. The van der Waals surface area contributed by atoms with Crippen molar-refractivity contribution in [3.05, 3.63) is 44.4 Å². The van der Waals surface area contributed by atoms with Gasteiger partial charge in [0.25, 0.3) is 10.0 Å². The van der Waals surface area contributed by atoms with Crippen molar-refractivity contribution in [2.45, 2.75) is 4.21 Å². The molecule has 2 rings (SSSR count). The minimum Gasteiger partial charge on any atom is -0.363 e. The molecule has 0 atom stereocenters. The lowest BCUT2D eigenvalue weighted by molar-refractivity contribution is -0.384. The van der Waals surface area contributed by atoms with Crippen molar-refractivity contribution in [2.75, 3.05) is 25.5 Å². The van der Waals surface area contributed by atoms with Crippen molar-refractivity contribution in [1.29, 1.82) is 0 Å². The lowest BCUT2D eigenvalue weighted by Gasteiger charge is -2.16. The van der Waals surface area contributed by atoms with E-state index < -0.39 is 14.9 Å². The van der Waals surface area contributed by atoms with Gasteiger partial charge in [-0.2, -0.15) is 4.31 Å². The average molecular weight is 421 g/mol. The largest absolute Gasteiger partial charge is 0.363 e. The molecule has 0 bridgehead atoms. The fraction of sp³-hybridized carbons (Fsp3) is 0.250. The molecule has 0 unspecified atom stereocenters. The lowest BCUT2D eigenvalue weighted by atomic mass is 10.4. The highest BCUT2D eigenvalue weighted by molar-refractivity contribution is 9.10. The van der Waals surface area contributed by atoms with Crippen molar-refractivity contribution in [3.63, 3.8) is 0 Å². The van der Waals surface area contributed by atoms with Crippen LogP contribution in [0.3, 0.4) is 0 Å². The van der Waals surface area contributed by atoms with E-state index in [-0.39, 0.29) is 28.8 Å². The van der Waals surface area contributed by atoms with Gasteiger partial charge in [0, 0.05) is 36.9 Å². The number of halogens is 1. The molecule has 8 nitrogen and oxygen atoms in total. The number of anilines is 1. The molecule has 0 aliphatic heterocycles. The van der Waals surface area contributed by atoms with Gasteiger partial charge < -0.3 is 5.32 Å². The maximum Gasteiger partial charge on any atom is 0.312 e. The summed E-state index contributed by atoms with van der Waals surface area (Å²) in [5.41, 5.74) is -0.178. The molecule has 124 valence electrons. The van der Waals surface area contributed by atoms with Crippen molar-refractivity contribution in [2.24, 2.45) is 0 Å². The smallest absolute Gasteiger partial charge is 0.312 e. The van der Waals surface area contributed by atoms with Crippen molar-refractivity contribution < 1.29 is 13.3 Å². The third-order valence-corrected chi connectivity index (χ3v) is 6.57. The van der Waals surface area contributed by atoms with E-state index in [9.17, 15) is 18.5 Å². The van der Waals surface area contributed by atoms with Gasteiger partial charge in [0.1, 0.15) is 4.21 Å². The Kier molecular flexibility index (Phi) is 5.68. The molecule has 0 saturated heterocycles. The Balaban J connectivity index is 2.02. The highest BCUT2D eigenvalue weighted by atomic mass is 79.9. The number of nitro groups is 1. The Morgan fingerprint density at radius 1 is 1.52 bits per heavy atom. The monoisotopic (exact) mass is 420 g/mol. The molecule has 0 amide bonds. The topological polar surface area (TPSA) is 105 Å². The van der Waals surface area contributed by atoms with E-state index in [1.165, 1.54) is 29.7 Å². The first-order valence-electron chi connectivity index (χ1n) is 6.36. The minimum absolute atomic E-state index is 0.0973. The van der Waals surface area contributed by atoms with Crippen molar-refractivity contribution in [3.8, 4) is 0 Å². The molecule has 0 fully saturated rings. The van der Waals surface area contributed by atoms with Gasteiger partial charge in [-0.15, -0.1) is 11.3 Å². The van der Waals surface area contributed by atoms with Crippen LogP contribution in [-0.4, -0.2) is 42.8 Å². The second-order valence-electron chi connectivity index (χ2n) is 4.46. The number of nitrogens with zero attached hydrogens (tertiary/aromatic N) is 3. The van der Waals surface area contributed by atoms with Crippen LogP contribution in [0.1, 0.15) is 0 Å². The van der Waals surface area contributed by atoms with E-state index in [1.54, 1.807) is 11.4 Å². The zero-order chi connectivity index (χ0) is 17.0. The summed E-state index contributed by atoms with van der Waals surface area (Å²) in [7, 11) is -2.07. The quantitative estimate of drug-likeness (QED) is 0.544. The summed E-state index contributed by atoms with van der Waals surface area (Å²) in [5.74, 6) is 0.0973.